The van der Waals surface area contributed by atoms with Crippen LogP contribution in [0.1, 0.15) is 33.6 Å². The van der Waals surface area contributed by atoms with Crippen LogP contribution in [-0.2, 0) is 4.79 Å². The molecular weight excluding hydrogens is 260 g/mol. The fourth-order valence-electron chi connectivity index (χ4n) is 1.89. The molecule has 1 rings (SSSR count). The van der Waals surface area contributed by atoms with Crippen LogP contribution in [0.25, 0.3) is 0 Å². The largest absolute Gasteiger partial charge is 0.325 e. The molecule has 0 saturated heterocycles. The summed E-state index contributed by atoms with van der Waals surface area (Å²) in [5.74, 6) is 0.636. The van der Waals surface area contributed by atoms with E-state index in [1.165, 1.54) is 6.42 Å². The molecule has 0 fully saturated rings. The first-order valence-corrected chi connectivity index (χ1v) is 7.17. The molecule has 0 aliphatic heterocycles. The van der Waals surface area contributed by atoms with E-state index in [-0.39, 0.29) is 5.91 Å². The number of nitrogens with one attached hydrogen (secondary N) is 2. The van der Waals surface area contributed by atoms with E-state index in [2.05, 4.69) is 31.4 Å². The molecule has 0 saturated carbocycles. The number of benzene rings is 1. The van der Waals surface area contributed by atoms with Gasteiger partial charge in [0.2, 0.25) is 5.91 Å². The Hall–Kier alpha value is -1.06. The highest BCUT2D eigenvalue weighted by Gasteiger charge is 2.09. The molecule has 0 aliphatic carbocycles. The van der Waals surface area contributed by atoms with E-state index in [9.17, 15) is 4.79 Å². The van der Waals surface area contributed by atoms with Gasteiger partial charge in [-0.1, -0.05) is 37.9 Å². The van der Waals surface area contributed by atoms with Crippen LogP contribution in [-0.4, -0.2) is 18.5 Å². The van der Waals surface area contributed by atoms with Crippen molar-refractivity contribution in [1.29, 1.82) is 0 Å². The number of carbonyl (C=O) groups is 1. The van der Waals surface area contributed by atoms with Gasteiger partial charge < -0.3 is 10.6 Å². The smallest absolute Gasteiger partial charge is 0.238 e. The normalized spacial score (nSPS) is 13.9. The van der Waals surface area contributed by atoms with Crippen molar-refractivity contribution in [3.63, 3.8) is 0 Å². The van der Waals surface area contributed by atoms with E-state index in [0.717, 1.165) is 12.1 Å². The molecule has 1 amide bonds. The summed E-state index contributed by atoms with van der Waals surface area (Å²) < 4.78 is 0. The van der Waals surface area contributed by atoms with Crippen molar-refractivity contribution in [3.05, 3.63) is 29.3 Å². The molecule has 1 aromatic carbocycles. The minimum absolute atomic E-state index is 0.0433. The molecule has 0 bridgehead atoms. The van der Waals surface area contributed by atoms with E-state index in [4.69, 9.17) is 11.6 Å². The van der Waals surface area contributed by atoms with Crippen LogP contribution in [0.2, 0.25) is 5.02 Å². The summed E-state index contributed by atoms with van der Waals surface area (Å²) in [6, 6.07) is 7.51. The van der Waals surface area contributed by atoms with Crippen LogP contribution in [0, 0.1) is 5.92 Å². The van der Waals surface area contributed by atoms with Crippen LogP contribution >= 0.6 is 11.6 Å². The zero-order valence-corrected chi connectivity index (χ0v) is 12.6. The Morgan fingerprint density at radius 2 is 2.11 bits per heavy atom. The lowest BCUT2D eigenvalue weighted by molar-refractivity contribution is -0.115. The Balaban J connectivity index is 2.32. The average Bonchev–Trinajstić information content (AvgIpc) is 2.36. The van der Waals surface area contributed by atoms with Gasteiger partial charge in [-0.2, -0.15) is 0 Å². The summed E-state index contributed by atoms with van der Waals surface area (Å²) in [4.78, 5) is 11.8. The molecule has 0 aromatic heterocycles. The van der Waals surface area contributed by atoms with Crippen molar-refractivity contribution >= 4 is 23.2 Å². The highest BCUT2D eigenvalue weighted by atomic mass is 35.5. The zero-order chi connectivity index (χ0) is 14.3. The van der Waals surface area contributed by atoms with E-state index in [0.29, 0.717) is 23.5 Å². The lowest BCUT2D eigenvalue weighted by atomic mass is 10.0. The van der Waals surface area contributed by atoms with Gasteiger partial charge >= 0.3 is 0 Å². The summed E-state index contributed by atoms with van der Waals surface area (Å²) >= 11 is 5.86. The Morgan fingerprint density at radius 1 is 1.37 bits per heavy atom. The minimum Gasteiger partial charge on any atom is -0.325 e. The number of halogens is 1. The molecule has 2 unspecified atom stereocenters. The van der Waals surface area contributed by atoms with Gasteiger partial charge in [0, 0.05) is 16.8 Å². The van der Waals surface area contributed by atoms with Crippen molar-refractivity contribution < 1.29 is 4.79 Å². The third-order valence-electron chi connectivity index (χ3n) is 3.17. The minimum atomic E-state index is -0.0433. The Kier molecular flexibility index (Phi) is 6.89. The summed E-state index contributed by atoms with van der Waals surface area (Å²) in [6.45, 7) is 6.84. The van der Waals surface area contributed by atoms with Gasteiger partial charge in [0.05, 0.1) is 6.54 Å². The van der Waals surface area contributed by atoms with Crippen molar-refractivity contribution in [2.75, 3.05) is 11.9 Å². The summed E-state index contributed by atoms with van der Waals surface area (Å²) in [6.07, 6.45) is 2.25. The van der Waals surface area contributed by atoms with Gasteiger partial charge in [-0.05, 0) is 37.5 Å². The Labute approximate surface area is 120 Å². The molecule has 3 nitrogen and oxygen atoms in total. The third-order valence-corrected chi connectivity index (χ3v) is 3.41. The first-order valence-electron chi connectivity index (χ1n) is 6.80. The predicted molar refractivity (Wildman–Crippen MR) is 81.6 cm³/mol. The van der Waals surface area contributed by atoms with Gasteiger partial charge in [-0.15, -0.1) is 0 Å². The second-order valence-corrected chi connectivity index (χ2v) is 5.53. The average molecular weight is 283 g/mol. The molecule has 106 valence electrons. The second-order valence-electron chi connectivity index (χ2n) is 5.09. The highest BCUT2D eigenvalue weighted by Crippen LogP contribution is 2.14. The fourth-order valence-corrected chi connectivity index (χ4v) is 2.08. The summed E-state index contributed by atoms with van der Waals surface area (Å²) in [5, 5.41) is 6.68. The molecule has 0 aliphatic rings. The maximum absolute atomic E-state index is 11.8. The van der Waals surface area contributed by atoms with Crippen LogP contribution in [0.5, 0.6) is 0 Å². The van der Waals surface area contributed by atoms with Crippen LogP contribution < -0.4 is 10.6 Å². The van der Waals surface area contributed by atoms with Crippen molar-refractivity contribution in [2.45, 2.75) is 39.7 Å². The van der Waals surface area contributed by atoms with Gasteiger partial charge in [0.1, 0.15) is 0 Å². The first kappa shape index (κ1) is 16.0. The van der Waals surface area contributed by atoms with Crippen LogP contribution in [0.15, 0.2) is 24.3 Å². The van der Waals surface area contributed by atoms with E-state index in [1.807, 2.05) is 12.1 Å². The molecule has 4 heteroatoms. The second kappa shape index (κ2) is 8.18. The van der Waals surface area contributed by atoms with Gasteiger partial charge in [0.25, 0.3) is 0 Å². The summed E-state index contributed by atoms with van der Waals surface area (Å²) in [7, 11) is 0. The van der Waals surface area contributed by atoms with Gasteiger partial charge in [-0.3, -0.25) is 4.79 Å². The van der Waals surface area contributed by atoms with Crippen LogP contribution in [0.3, 0.4) is 0 Å². The molecule has 2 atom stereocenters. The standard InChI is InChI=1S/C15H23ClN2O/c1-4-11(2)8-12(3)17-10-15(19)18-14-7-5-6-13(16)9-14/h5-7,9,11-12,17H,4,8,10H2,1-3H3,(H,18,19). The maximum Gasteiger partial charge on any atom is 0.238 e. The number of carbonyl (C=O) groups excluding carboxylic acids is 1. The number of hydrogen-bond donors (Lipinski definition) is 2. The quantitative estimate of drug-likeness (QED) is 0.801. The lowest BCUT2D eigenvalue weighted by Crippen LogP contribution is -2.35. The van der Waals surface area contributed by atoms with Crippen molar-refractivity contribution in [1.82, 2.24) is 5.32 Å². The Bertz CT molecular complexity index is 409. The van der Waals surface area contributed by atoms with E-state index < -0.39 is 0 Å². The highest BCUT2D eigenvalue weighted by molar-refractivity contribution is 6.30. The van der Waals surface area contributed by atoms with E-state index >= 15 is 0 Å². The fraction of sp³-hybridized carbons (Fsp3) is 0.533. The zero-order valence-electron chi connectivity index (χ0n) is 11.9. The monoisotopic (exact) mass is 282 g/mol. The molecule has 19 heavy (non-hydrogen) atoms. The molecule has 0 radical (unpaired) electrons. The predicted octanol–water partition coefficient (Wildman–Crippen LogP) is 3.69. The maximum atomic E-state index is 11.8. The number of hydrogen-bond acceptors (Lipinski definition) is 2. The third kappa shape index (κ3) is 6.60. The van der Waals surface area contributed by atoms with Crippen molar-refractivity contribution in [3.8, 4) is 0 Å². The molecular formula is C15H23ClN2O. The molecule has 1 aromatic rings. The molecule has 2 N–H and O–H groups in total. The molecule has 0 spiro atoms. The number of rotatable bonds is 7. The first-order chi connectivity index (χ1) is 9.01. The van der Waals surface area contributed by atoms with Gasteiger partial charge in [0.15, 0.2) is 0 Å². The van der Waals surface area contributed by atoms with E-state index in [1.54, 1.807) is 12.1 Å². The summed E-state index contributed by atoms with van der Waals surface area (Å²) in [5.41, 5.74) is 0.730. The molecule has 0 heterocycles. The number of anilines is 1. The SMILES string of the molecule is CCC(C)CC(C)NCC(=O)Nc1cccc(Cl)c1. The lowest BCUT2D eigenvalue weighted by Gasteiger charge is -2.17. The van der Waals surface area contributed by atoms with Crippen molar-refractivity contribution in [2.24, 2.45) is 5.92 Å². The van der Waals surface area contributed by atoms with Gasteiger partial charge in [-0.25, -0.2) is 0 Å². The number of amides is 1. The Morgan fingerprint density at radius 3 is 2.74 bits per heavy atom. The van der Waals surface area contributed by atoms with Crippen LogP contribution in [0.4, 0.5) is 5.69 Å². The topological polar surface area (TPSA) is 41.1 Å².